The van der Waals surface area contributed by atoms with Gasteiger partial charge in [0.05, 0.1) is 18.8 Å². The second kappa shape index (κ2) is 7.05. The van der Waals surface area contributed by atoms with Crippen LogP contribution >= 0.6 is 0 Å². The molecule has 1 atom stereocenters. The van der Waals surface area contributed by atoms with E-state index < -0.39 is 0 Å². The first kappa shape index (κ1) is 17.0. The molecule has 2 aromatic rings. The predicted molar refractivity (Wildman–Crippen MR) is 98.4 cm³/mol. The molecule has 1 fully saturated rings. The molecule has 138 valence electrons. The summed E-state index contributed by atoms with van der Waals surface area (Å²) >= 11 is 0. The van der Waals surface area contributed by atoms with Crippen molar-refractivity contribution < 1.29 is 24.2 Å². The van der Waals surface area contributed by atoms with Gasteiger partial charge in [0, 0.05) is 31.4 Å². The molecule has 2 aromatic carbocycles. The number of anilines is 1. The number of quaternary nitrogens is 1. The van der Waals surface area contributed by atoms with Gasteiger partial charge in [0.1, 0.15) is 24.9 Å². The number of nitrogens with zero attached hydrogens (tertiary/aromatic N) is 1. The number of rotatable bonds is 4. The van der Waals surface area contributed by atoms with Gasteiger partial charge in [-0.15, -0.1) is 0 Å². The normalized spacial score (nSPS) is 17.9. The van der Waals surface area contributed by atoms with Gasteiger partial charge in [-0.2, -0.15) is 0 Å². The number of hydrogen-bond acceptors (Lipinski definition) is 5. The number of ether oxygens (including phenoxy) is 3. The van der Waals surface area contributed by atoms with E-state index in [4.69, 9.17) is 14.2 Å². The number of benzene rings is 2. The number of hydrogen-bond donors (Lipinski definition) is 2. The third kappa shape index (κ3) is 3.18. The minimum Gasteiger partial charge on any atom is -0.507 e. The van der Waals surface area contributed by atoms with Crippen LogP contribution in [0.25, 0.3) is 0 Å². The molecule has 6 nitrogen and oxygen atoms in total. The molecule has 6 heteroatoms. The lowest BCUT2D eigenvalue weighted by Gasteiger charge is -2.32. The summed E-state index contributed by atoms with van der Waals surface area (Å²) in [7, 11) is 4.06. The second-order valence-corrected chi connectivity index (χ2v) is 6.95. The zero-order valence-electron chi connectivity index (χ0n) is 15.2. The van der Waals surface area contributed by atoms with Crippen LogP contribution in [0, 0.1) is 0 Å². The molecule has 0 unspecified atom stereocenters. The fourth-order valence-electron chi connectivity index (χ4n) is 3.70. The first-order valence-electron chi connectivity index (χ1n) is 8.95. The van der Waals surface area contributed by atoms with Crippen molar-refractivity contribution in [1.82, 2.24) is 0 Å². The Morgan fingerprint density at radius 2 is 1.65 bits per heavy atom. The number of nitrogens with one attached hydrogen (secondary N) is 1. The average molecular weight is 357 g/mol. The Labute approximate surface area is 153 Å². The molecule has 2 N–H and O–H groups in total. The number of morpholine rings is 1. The highest BCUT2D eigenvalue weighted by atomic mass is 16.7. The predicted octanol–water partition coefficient (Wildman–Crippen LogP) is 1.19. The molecule has 4 rings (SSSR count). The largest absolute Gasteiger partial charge is 0.507 e. The summed E-state index contributed by atoms with van der Waals surface area (Å²) in [5.74, 6) is 1.54. The molecule has 0 spiro atoms. The lowest BCUT2D eigenvalue weighted by atomic mass is 9.95. The maximum Gasteiger partial charge on any atom is 0.231 e. The quantitative estimate of drug-likeness (QED) is 0.861. The van der Waals surface area contributed by atoms with Gasteiger partial charge < -0.3 is 29.1 Å². The third-order valence-corrected chi connectivity index (χ3v) is 5.12. The van der Waals surface area contributed by atoms with Crippen LogP contribution in [0.2, 0.25) is 0 Å². The summed E-state index contributed by atoms with van der Waals surface area (Å²) in [5.41, 5.74) is 3.19. The van der Waals surface area contributed by atoms with Crippen LogP contribution in [0.15, 0.2) is 36.4 Å². The SMILES string of the molecule is CN(C)c1ccc([C@@H](c2cc3c(cc2O)OCO3)[NH+]2CCOCC2)cc1. The van der Waals surface area contributed by atoms with E-state index in [0.29, 0.717) is 11.5 Å². The molecule has 0 radical (unpaired) electrons. The summed E-state index contributed by atoms with van der Waals surface area (Å²) in [4.78, 5) is 3.46. The van der Waals surface area contributed by atoms with Crippen LogP contribution in [0.1, 0.15) is 17.2 Å². The Kier molecular flexibility index (Phi) is 4.61. The van der Waals surface area contributed by atoms with E-state index in [1.165, 1.54) is 10.5 Å². The van der Waals surface area contributed by atoms with Gasteiger partial charge in [-0.1, -0.05) is 12.1 Å². The van der Waals surface area contributed by atoms with Gasteiger partial charge >= 0.3 is 0 Å². The van der Waals surface area contributed by atoms with E-state index >= 15 is 0 Å². The highest BCUT2D eigenvalue weighted by molar-refractivity contribution is 5.54. The monoisotopic (exact) mass is 357 g/mol. The molecule has 0 saturated carbocycles. The number of phenolic OH excluding ortho intramolecular Hbond substituents is 1. The zero-order valence-corrected chi connectivity index (χ0v) is 15.2. The minimum atomic E-state index is 0.0182. The zero-order chi connectivity index (χ0) is 18.1. The lowest BCUT2D eigenvalue weighted by Crippen LogP contribution is -3.14. The maximum atomic E-state index is 10.7. The Balaban J connectivity index is 1.76. The van der Waals surface area contributed by atoms with Crippen molar-refractivity contribution in [2.24, 2.45) is 0 Å². The Morgan fingerprint density at radius 1 is 1.00 bits per heavy atom. The Bertz CT molecular complexity index is 770. The van der Waals surface area contributed by atoms with Gasteiger partial charge in [-0.3, -0.25) is 0 Å². The summed E-state index contributed by atoms with van der Waals surface area (Å²) in [6.45, 7) is 3.45. The molecular formula is C20H25N2O4+. The van der Waals surface area contributed by atoms with Crippen molar-refractivity contribution in [3.63, 3.8) is 0 Å². The Hall–Kier alpha value is -2.44. The van der Waals surface area contributed by atoms with E-state index in [1.54, 1.807) is 6.07 Å². The average Bonchev–Trinajstić information content (AvgIpc) is 3.10. The highest BCUT2D eigenvalue weighted by Gasteiger charge is 2.32. The standard InChI is InChI=1S/C20H24N2O4/c1-21(2)15-5-3-14(4-6-15)20(22-7-9-24-10-8-22)16-11-18-19(12-17(16)23)26-13-25-18/h3-6,11-12,20,23H,7-10,13H2,1-2H3/p+1/t20-/m0/s1. The van der Waals surface area contributed by atoms with E-state index in [2.05, 4.69) is 29.2 Å². The lowest BCUT2D eigenvalue weighted by molar-refractivity contribution is -0.933. The summed E-state index contributed by atoms with van der Waals surface area (Å²) < 4.78 is 16.5. The smallest absolute Gasteiger partial charge is 0.231 e. The molecule has 2 aliphatic heterocycles. The van der Waals surface area contributed by atoms with Gasteiger partial charge in [0.2, 0.25) is 6.79 Å². The molecule has 0 aliphatic carbocycles. The molecule has 26 heavy (non-hydrogen) atoms. The first-order valence-corrected chi connectivity index (χ1v) is 8.95. The van der Waals surface area contributed by atoms with Crippen LogP contribution in [-0.4, -0.2) is 52.3 Å². The van der Waals surface area contributed by atoms with Crippen molar-refractivity contribution in [1.29, 1.82) is 0 Å². The first-order chi connectivity index (χ1) is 12.6. The Morgan fingerprint density at radius 3 is 2.31 bits per heavy atom. The van der Waals surface area contributed by atoms with Crippen molar-refractivity contribution in [3.05, 3.63) is 47.5 Å². The minimum absolute atomic E-state index is 0.0182. The van der Waals surface area contributed by atoms with Crippen LogP contribution in [0.5, 0.6) is 17.2 Å². The van der Waals surface area contributed by atoms with Crippen molar-refractivity contribution in [3.8, 4) is 17.2 Å². The number of fused-ring (bicyclic) bond motifs is 1. The van der Waals surface area contributed by atoms with Crippen LogP contribution in [0.4, 0.5) is 5.69 Å². The molecule has 2 aliphatic rings. The maximum absolute atomic E-state index is 10.7. The van der Waals surface area contributed by atoms with Gasteiger partial charge in [-0.05, 0) is 18.2 Å². The van der Waals surface area contributed by atoms with Crippen LogP contribution in [-0.2, 0) is 4.74 Å². The third-order valence-electron chi connectivity index (χ3n) is 5.12. The number of phenols is 1. The fourth-order valence-corrected chi connectivity index (χ4v) is 3.70. The molecule has 0 bridgehead atoms. The molecule has 1 saturated heterocycles. The topological polar surface area (TPSA) is 55.6 Å². The van der Waals surface area contributed by atoms with Crippen molar-refractivity contribution >= 4 is 5.69 Å². The molecule has 2 heterocycles. The summed E-state index contributed by atoms with van der Waals surface area (Å²) in [6, 6.07) is 12.1. The van der Waals surface area contributed by atoms with Gasteiger partial charge in [0.25, 0.3) is 0 Å². The second-order valence-electron chi connectivity index (χ2n) is 6.95. The van der Waals surface area contributed by atoms with Gasteiger partial charge in [0.15, 0.2) is 11.5 Å². The fraction of sp³-hybridized carbons (Fsp3) is 0.400. The van der Waals surface area contributed by atoms with E-state index in [0.717, 1.165) is 37.6 Å². The summed E-state index contributed by atoms with van der Waals surface area (Å²) in [5, 5.41) is 10.7. The molecular weight excluding hydrogens is 332 g/mol. The van der Waals surface area contributed by atoms with Crippen LogP contribution < -0.4 is 19.3 Å². The van der Waals surface area contributed by atoms with Gasteiger partial charge in [-0.25, -0.2) is 0 Å². The summed E-state index contributed by atoms with van der Waals surface area (Å²) in [6.07, 6.45) is 0. The van der Waals surface area contributed by atoms with Crippen molar-refractivity contribution in [2.45, 2.75) is 6.04 Å². The van der Waals surface area contributed by atoms with E-state index in [9.17, 15) is 5.11 Å². The molecule has 0 aromatic heterocycles. The van der Waals surface area contributed by atoms with E-state index in [-0.39, 0.29) is 18.6 Å². The van der Waals surface area contributed by atoms with E-state index in [1.807, 2.05) is 20.2 Å². The van der Waals surface area contributed by atoms with Crippen molar-refractivity contribution in [2.75, 3.05) is 52.1 Å². The van der Waals surface area contributed by atoms with Crippen LogP contribution in [0.3, 0.4) is 0 Å². The number of aromatic hydroxyl groups is 1. The highest BCUT2D eigenvalue weighted by Crippen LogP contribution is 2.40. The molecule has 0 amide bonds.